The minimum absolute atomic E-state index is 0.00290. The third kappa shape index (κ3) is 3.70. The molecule has 0 bridgehead atoms. The largest absolute Gasteiger partial charge is 0.465 e. The average Bonchev–Trinajstić information content (AvgIpc) is 2.85. The fraction of sp³-hybridized carbons (Fsp3) is 0.400. The maximum absolute atomic E-state index is 12.2. The minimum Gasteiger partial charge on any atom is -0.465 e. The summed E-state index contributed by atoms with van der Waals surface area (Å²) in [7, 11) is 1.32. The number of rotatable bonds is 4. The molecule has 5 nitrogen and oxygen atoms in total. The molecule has 22 heavy (non-hydrogen) atoms. The molecule has 1 aromatic carbocycles. The quantitative estimate of drug-likeness (QED) is 0.745. The van der Waals surface area contributed by atoms with E-state index in [0.29, 0.717) is 34.4 Å². The van der Waals surface area contributed by atoms with Crippen LogP contribution in [0.15, 0.2) is 22.7 Å². The summed E-state index contributed by atoms with van der Waals surface area (Å²) in [5.41, 5.74) is 1.04. The molecule has 1 fully saturated rings. The molecule has 1 aromatic rings. The Labute approximate surface area is 141 Å². The highest BCUT2D eigenvalue weighted by Gasteiger charge is 2.32. The summed E-state index contributed by atoms with van der Waals surface area (Å²) in [5, 5.41) is 0.0553. The van der Waals surface area contributed by atoms with Gasteiger partial charge in [-0.1, -0.05) is 17.8 Å². The highest BCUT2D eigenvalue weighted by molar-refractivity contribution is 9.10. The molecule has 0 aliphatic carbocycles. The molecule has 1 aliphatic rings. The lowest BCUT2D eigenvalue weighted by Crippen LogP contribution is -2.25. The fourth-order valence-corrected chi connectivity index (χ4v) is 3.69. The first-order valence-corrected chi connectivity index (χ1v) is 8.52. The van der Waals surface area contributed by atoms with E-state index in [4.69, 9.17) is 4.74 Å². The number of amides is 1. The van der Waals surface area contributed by atoms with Crippen LogP contribution in [0.2, 0.25) is 0 Å². The SMILES string of the molecule is COC(=O)c1cccc(N2CC(CSC(C)=O)CC2=O)c1Br. The molecule has 0 radical (unpaired) electrons. The lowest BCUT2D eigenvalue weighted by molar-refractivity contribution is -0.117. The van der Waals surface area contributed by atoms with E-state index in [1.165, 1.54) is 25.8 Å². The van der Waals surface area contributed by atoms with Gasteiger partial charge in [-0.15, -0.1) is 0 Å². The number of benzene rings is 1. The molecule has 1 amide bonds. The number of hydrogen-bond donors (Lipinski definition) is 0. The Hall–Kier alpha value is -1.34. The number of hydrogen-bond acceptors (Lipinski definition) is 5. The number of carbonyl (C=O) groups is 3. The van der Waals surface area contributed by atoms with Crippen molar-refractivity contribution in [2.24, 2.45) is 5.92 Å². The summed E-state index contributed by atoms with van der Waals surface area (Å²) >= 11 is 4.63. The second kappa shape index (κ2) is 7.28. The van der Waals surface area contributed by atoms with Crippen molar-refractivity contribution in [3.05, 3.63) is 28.2 Å². The van der Waals surface area contributed by atoms with Crippen LogP contribution in [0.1, 0.15) is 23.7 Å². The zero-order valence-electron chi connectivity index (χ0n) is 12.3. The summed E-state index contributed by atoms with van der Waals surface area (Å²) in [5.74, 6) is 0.308. The molecule has 1 saturated heterocycles. The zero-order chi connectivity index (χ0) is 16.3. The van der Waals surface area contributed by atoms with Crippen molar-refractivity contribution in [2.45, 2.75) is 13.3 Å². The highest BCUT2D eigenvalue weighted by atomic mass is 79.9. The number of halogens is 1. The van der Waals surface area contributed by atoms with Gasteiger partial charge in [0, 0.05) is 25.6 Å². The summed E-state index contributed by atoms with van der Waals surface area (Å²) in [6, 6.07) is 5.15. The van der Waals surface area contributed by atoms with Crippen molar-refractivity contribution < 1.29 is 19.1 Å². The van der Waals surface area contributed by atoms with E-state index in [2.05, 4.69) is 15.9 Å². The Morgan fingerprint density at radius 3 is 2.82 bits per heavy atom. The van der Waals surface area contributed by atoms with E-state index in [1.807, 2.05) is 0 Å². The predicted molar refractivity (Wildman–Crippen MR) is 89.1 cm³/mol. The van der Waals surface area contributed by atoms with Gasteiger partial charge in [-0.3, -0.25) is 9.59 Å². The first-order valence-electron chi connectivity index (χ1n) is 6.74. The van der Waals surface area contributed by atoms with Gasteiger partial charge in [0.05, 0.1) is 22.8 Å². The van der Waals surface area contributed by atoms with Crippen LogP contribution < -0.4 is 4.90 Å². The van der Waals surface area contributed by atoms with Crippen LogP contribution in [0, 0.1) is 5.92 Å². The first kappa shape index (κ1) is 17.0. The Bertz CT molecular complexity index is 620. The normalized spacial score (nSPS) is 17.7. The van der Waals surface area contributed by atoms with Crippen LogP contribution in [0.5, 0.6) is 0 Å². The third-order valence-electron chi connectivity index (χ3n) is 3.40. The highest BCUT2D eigenvalue weighted by Crippen LogP contribution is 2.34. The number of thioether (sulfide) groups is 1. The first-order chi connectivity index (χ1) is 10.4. The van der Waals surface area contributed by atoms with Gasteiger partial charge in [0.15, 0.2) is 5.12 Å². The minimum atomic E-state index is -0.455. The van der Waals surface area contributed by atoms with Gasteiger partial charge in [-0.25, -0.2) is 4.79 Å². The molecule has 0 aromatic heterocycles. The van der Waals surface area contributed by atoms with E-state index in [0.717, 1.165) is 0 Å². The third-order valence-corrected chi connectivity index (χ3v) is 5.28. The number of carbonyl (C=O) groups excluding carboxylic acids is 3. The van der Waals surface area contributed by atoms with Crippen LogP contribution in [-0.2, 0) is 14.3 Å². The second-order valence-corrected chi connectivity index (χ2v) is 7.00. The Morgan fingerprint density at radius 1 is 1.45 bits per heavy atom. The monoisotopic (exact) mass is 385 g/mol. The van der Waals surface area contributed by atoms with Crippen molar-refractivity contribution >= 4 is 50.4 Å². The molecular weight excluding hydrogens is 370 g/mol. The van der Waals surface area contributed by atoms with Crippen LogP contribution in [0.3, 0.4) is 0 Å². The van der Waals surface area contributed by atoms with Gasteiger partial charge >= 0.3 is 5.97 Å². The van der Waals surface area contributed by atoms with E-state index in [9.17, 15) is 14.4 Å². The van der Waals surface area contributed by atoms with Gasteiger partial charge < -0.3 is 9.64 Å². The van der Waals surface area contributed by atoms with Crippen LogP contribution >= 0.6 is 27.7 Å². The van der Waals surface area contributed by atoms with Crippen molar-refractivity contribution in [1.82, 2.24) is 0 Å². The molecule has 1 aliphatic heterocycles. The molecule has 1 heterocycles. The molecule has 7 heteroatoms. The van der Waals surface area contributed by atoms with Gasteiger partial charge in [0.25, 0.3) is 0 Å². The molecule has 0 saturated carbocycles. The van der Waals surface area contributed by atoms with E-state index < -0.39 is 5.97 Å². The van der Waals surface area contributed by atoms with Gasteiger partial charge in [-0.05, 0) is 34.0 Å². The maximum atomic E-state index is 12.2. The summed E-state index contributed by atoms with van der Waals surface area (Å²) in [6.07, 6.45) is 0.412. The van der Waals surface area contributed by atoms with E-state index >= 15 is 0 Å². The number of anilines is 1. The molecule has 0 N–H and O–H groups in total. The number of nitrogens with zero attached hydrogens (tertiary/aromatic N) is 1. The summed E-state index contributed by atoms with van der Waals surface area (Å²) in [4.78, 5) is 36.7. The van der Waals surface area contributed by atoms with Gasteiger partial charge in [-0.2, -0.15) is 0 Å². The van der Waals surface area contributed by atoms with Crippen LogP contribution in [0.25, 0.3) is 0 Å². The fourth-order valence-electron chi connectivity index (χ4n) is 2.36. The van der Waals surface area contributed by atoms with Gasteiger partial charge in [0.2, 0.25) is 5.91 Å². The molecule has 1 unspecified atom stereocenters. The molecule has 118 valence electrons. The molecule has 0 spiro atoms. The van der Waals surface area contributed by atoms with Crippen LogP contribution in [-0.4, -0.2) is 36.4 Å². The van der Waals surface area contributed by atoms with Crippen LogP contribution in [0.4, 0.5) is 5.69 Å². The Kier molecular flexibility index (Phi) is 5.63. The van der Waals surface area contributed by atoms with Crippen molar-refractivity contribution in [3.8, 4) is 0 Å². The average molecular weight is 386 g/mol. The Morgan fingerprint density at radius 2 is 2.18 bits per heavy atom. The lowest BCUT2D eigenvalue weighted by Gasteiger charge is -2.19. The smallest absolute Gasteiger partial charge is 0.339 e. The predicted octanol–water partition coefficient (Wildman–Crippen LogP) is 2.87. The second-order valence-electron chi connectivity index (χ2n) is 5.01. The van der Waals surface area contributed by atoms with E-state index in [-0.39, 0.29) is 16.9 Å². The zero-order valence-corrected chi connectivity index (χ0v) is 14.7. The summed E-state index contributed by atoms with van der Waals surface area (Å²) < 4.78 is 5.29. The molecular formula is C15H16BrNO4S. The van der Waals surface area contributed by atoms with Crippen molar-refractivity contribution in [1.29, 1.82) is 0 Å². The summed E-state index contributed by atoms with van der Waals surface area (Å²) in [6.45, 7) is 2.07. The van der Waals surface area contributed by atoms with Crippen molar-refractivity contribution in [3.63, 3.8) is 0 Å². The lowest BCUT2D eigenvalue weighted by atomic mass is 10.1. The topological polar surface area (TPSA) is 63.7 Å². The Balaban J connectivity index is 2.20. The van der Waals surface area contributed by atoms with E-state index in [1.54, 1.807) is 23.1 Å². The maximum Gasteiger partial charge on any atom is 0.339 e. The molecule has 2 rings (SSSR count). The number of methoxy groups -OCH3 is 1. The number of esters is 1. The van der Waals surface area contributed by atoms with Gasteiger partial charge in [0.1, 0.15) is 0 Å². The molecule has 1 atom stereocenters. The standard InChI is InChI=1S/C15H16BrNO4S/c1-9(18)22-8-10-6-13(19)17(7-10)12-5-3-4-11(14(12)16)15(20)21-2/h3-5,10H,6-8H2,1-2H3. The van der Waals surface area contributed by atoms with Crippen molar-refractivity contribution in [2.75, 3.05) is 24.3 Å². The number of ether oxygens (including phenoxy) is 1.